The minimum absolute atomic E-state index is 0.0937. The van der Waals surface area contributed by atoms with Gasteiger partial charge >= 0.3 is 5.97 Å². The van der Waals surface area contributed by atoms with Crippen molar-refractivity contribution < 1.29 is 9.90 Å². The fraction of sp³-hybridized carbons (Fsp3) is 0.471. The number of carboxylic acid groups (broad SMARTS) is 1. The Balaban J connectivity index is 1.66. The Kier molecular flexibility index (Phi) is 4.48. The van der Waals surface area contributed by atoms with E-state index in [1.165, 1.54) is 10.7 Å². The highest BCUT2D eigenvalue weighted by atomic mass is 16.4. The third kappa shape index (κ3) is 3.23. The van der Waals surface area contributed by atoms with Crippen LogP contribution in [0.4, 0.5) is 5.82 Å². The topological polar surface area (TPSA) is 127 Å². The molecule has 0 saturated carbocycles. The van der Waals surface area contributed by atoms with E-state index in [1.807, 2.05) is 17.7 Å². The van der Waals surface area contributed by atoms with Gasteiger partial charge in [0.05, 0.1) is 24.1 Å². The van der Waals surface area contributed by atoms with Gasteiger partial charge in [-0.1, -0.05) is 5.21 Å². The number of carbonyl (C=O) groups is 1. The predicted molar refractivity (Wildman–Crippen MR) is 97.6 cm³/mol. The standard InChI is InChI=1S/C17H22N8O2/c1-11(18)4-7-24-14(10-19-22-24)13-3-2-6-23(13)15-5-8-25-16(21-15)12(9-20-25)17(26)27/h5,8-11,13H,2-4,6-7,18H2,1H3,(H,26,27)/t11-,13-/m1/s1. The smallest absolute Gasteiger partial charge is 0.341 e. The van der Waals surface area contributed by atoms with Crippen LogP contribution in [-0.2, 0) is 6.54 Å². The van der Waals surface area contributed by atoms with Crippen LogP contribution in [-0.4, -0.2) is 53.3 Å². The second-order valence-corrected chi connectivity index (χ2v) is 6.92. The average molecular weight is 370 g/mol. The number of aromatic nitrogens is 6. The fourth-order valence-corrected chi connectivity index (χ4v) is 3.54. The van der Waals surface area contributed by atoms with Gasteiger partial charge in [0.2, 0.25) is 0 Å². The molecule has 1 aliphatic rings. The minimum Gasteiger partial charge on any atom is -0.477 e. The number of fused-ring (bicyclic) bond motifs is 1. The van der Waals surface area contributed by atoms with Crippen LogP contribution in [0.15, 0.2) is 24.7 Å². The number of rotatable bonds is 6. The molecule has 27 heavy (non-hydrogen) atoms. The summed E-state index contributed by atoms with van der Waals surface area (Å²) in [6, 6.07) is 2.06. The van der Waals surface area contributed by atoms with E-state index < -0.39 is 5.97 Å². The number of nitrogens with two attached hydrogens (primary N) is 1. The maximum absolute atomic E-state index is 11.4. The van der Waals surface area contributed by atoms with Crippen LogP contribution in [0.1, 0.15) is 48.3 Å². The van der Waals surface area contributed by atoms with Gasteiger partial charge in [-0.2, -0.15) is 5.10 Å². The molecular formula is C17H22N8O2. The van der Waals surface area contributed by atoms with Crippen molar-refractivity contribution in [3.63, 3.8) is 0 Å². The summed E-state index contributed by atoms with van der Waals surface area (Å²) in [5.41, 5.74) is 7.34. The first-order valence-electron chi connectivity index (χ1n) is 9.03. The predicted octanol–water partition coefficient (Wildman–Crippen LogP) is 1.10. The molecule has 2 atom stereocenters. The van der Waals surface area contributed by atoms with Crippen LogP contribution < -0.4 is 10.6 Å². The van der Waals surface area contributed by atoms with E-state index >= 15 is 0 Å². The van der Waals surface area contributed by atoms with E-state index in [9.17, 15) is 9.90 Å². The minimum atomic E-state index is -1.04. The van der Waals surface area contributed by atoms with E-state index in [4.69, 9.17) is 5.73 Å². The molecule has 3 N–H and O–H groups in total. The summed E-state index contributed by atoms with van der Waals surface area (Å²) in [5, 5.41) is 21.7. The van der Waals surface area contributed by atoms with Gasteiger partial charge in [-0.25, -0.2) is 19.0 Å². The first-order chi connectivity index (χ1) is 13.0. The zero-order valence-electron chi connectivity index (χ0n) is 15.1. The lowest BCUT2D eigenvalue weighted by atomic mass is 10.1. The normalized spacial score (nSPS) is 18.3. The number of hydrogen-bond acceptors (Lipinski definition) is 7. The summed E-state index contributed by atoms with van der Waals surface area (Å²) in [5.74, 6) is -0.307. The van der Waals surface area contributed by atoms with E-state index in [1.54, 1.807) is 12.4 Å². The molecule has 4 heterocycles. The zero-order valence-corrected chi connectivity index (χ0v) is 15.1. The molecule has 0 unspecified atom stereocenters. The van der Waals surface area contributed by atoms with Crippen molar-refractivity contribution in [2.75, 3.05) is 11.4 Å². The van der Waals surface area contributed by atoms with E-state index in [0.717, 1.165) is 43.9 Å². The molecule has 142 valence electrons. The summed E-state index contributed by atoms with van der Waals surface area (Å²) in [7, 11) is 0. The molecule has 1 saturated heterocycles. The highest BCUT2D eigenvalue weighted by Gasteiger charge is 2.30. The molecule has 4 rings (SSSR count). The highest BCUT2D eigenvalue weighted by Crippen LogP contribution is 2.35. The number of anilines is 1. The second-order valence-electron chi connectivity index (χ2n) is 6.92. The number of hydrogen-bond donors (Lipinski definition) is 2. The van der Waals surface area contributed by atoms with E-state index in [0.29, 0.717) is 5.65 Å². The maximum Gasteiger partial charge on any atom is 0.341 e. The number of aryl methyl sites for hydroxylation is 1. The Bertz CT molecular complexity index is 963. The highest BCUT2D eigenvalue weighted by molar-refractivity contribution is 5.94. The van der Waals surface area contributed by atoms with Crippen molar-refractivity contribution in [1.29, 1.82) is 0 Å². The number of carboxylic acids is 1. The molecule has 10 nitrogen and oxygen atoms in total. The Morgan fingerprint density at radius 2 is 2.30 bits per heavy atom. The second kappa shape index (κ2) is 6.95. The molecule has 10 heteroatoms. The molecule has 0 aliphatic carbocycles. The van der Waals surface area contributed by atoms with Crippen molar-refractivity contribution in [3.8, 4) is 0 Å². The van der Waals surface area contributed by atoms with Crippen LogP contribution >= 0.6 is 0 Å². The number of aromatic carboxylic acids is 1. The number of nitrogens with zero attached hydrogens (tertiary/aromatic N) is 7. The lowest BCUT2D eigenvalue weighted by molar-refractivity contribution is 0.0698. The fourth-order valence-electron chi connectivity index (χ4n) is 3.54. The van der Waals surface area contributed by atoms with Gasteiger partial charge in [0.25, 0.3) is 0 Å². The van der Waals surface area contributed by atoms with Gasteiger partial charge in [0, 0.05) is 25.3 Å². The van der Waals surface area contributed by atoms with E-state index in [2.05, 4.69) is 25.3 Å². The largest absolute Gasteiger partial charge is 0.477 e. The summed E-state index contributed by atoms with van der Waals surface area (Å²) < 4.78 is 3.39. The van der Waals surface area contributed by atoms with Crippen LogP contribution in [0.5, 0.6) is 0 Å². The van der Waals surface area contributed by atoms with Gasteiger partial charge in [-0.15, -0.1) is 5.10 Å². The lowest BCUT2D eigenvalue weighted by Crippen LogP contribution is -2.27. The molecule has 1 aliphatic heterocycles. The average Bonchev–Trinajstić information content (AvgIpc) is 3.36. The first kappa shape index (κ1) is 17.4. The molecule has 1 fully saturated rings. The van der Waals surface area contributed by atoms with Crippen molar-refractivity contribution in [2.45, 2.75) is 44.8 Å². The SMILES string of the molecule is C[C@@H](N)CCn1nncc1[C@H]1CCCN1c1ccn2ncc(C(=O)O)c2n1. The molecule has 3 aromatic rings. The molecule has 0 spiro atoms. The van der Waals surface area contributed by atoms with Crippen molar-refractivity contribution in [3.05, 3.63) is 35.9 Å². The summed E-state index contributed by atoms with van der Waals surface area (Å²) in [4.78, 5) is 18.2. The van der Waals surface area contributed by atoms with Crippen molar-refractivity contribution in [2.24, 2.45) is 5.73 Å². The summed E-state index contributed by atoms with van der Waals surface area (Å²) in [6.07, 6.45) is 7.66. The quantitative estimate of drug-likeness (QED) is 0.660. The van der Waals surface area contributed by atoms with Gasteiger partial charge < -0.3 is 15.7 Å². The molecule has 0 bridgehead atoms. The van der Waals surface area contributed by atoms with Crippen LogP contribution in [0.3, 0.4) is 0 Å². The lowest BCUT2D eigenvalue weighted by Gasteiger charge is -2.26. The zero-order chi connectivity index (χ0) is 19.0. The van der Waals surface area contributed by atoms with Gasteiger partial charge in [0.1, 0.15) is 11.4 Å². The van der Waals surface area contributed by atoms with Crippen LogP contribution in [0.25, 0.3) is 5.65 Å². The Hall–Kier alpha value is -3.01. The van der Waals surface area contributed by atoms with Gasteiger partial charge in [-0.3, -0.25) is 0 Å². The van der Waals surface area contributed by atoms with Gasteiger partial charge in [-0.05, 0) is 32.3 Å². The van der Waals surface area contributed by atoms with Crippen molar-refractivity contribution >= 4 is 17.4 Å². The first-order valence-corrected chi connectivity index (χ1v) is 9.03. The Labute approximate surface area is 155 Å². The third-order valence-electron chi connectivity index (χ3n) is 4.92. The molecular weight excluding hydrogens is 348 g/mol. The molecule has 3 aromatic heterocycles. The third-order valence-corrected chi connectivity index (χ3v) is 4.92. The van der Waals surface area contributed by atoms with Gasteiger partial charge in [0.15, 0.2) is 5.65 Å². The van der Waals surface area contributed by atoms with Crippen molar-refractivity contribution in [1.82, 2.24) is 29.6 Å². The van der Waals surface area contributed by atoms with E-state index in [-0.39, 0.29) is 17.6 Å². The molecule has 0 amide bonds. The Morgan fingerprint density at radius 3 is 3.07 bits per heavy atom. The summed E-state index contributed by atoms with van der Waals surface area (Å²) >= 11 is 0. The van der Waals surface area contributed by atoms with Crippen LogP contribution in [0, 0.1) is 0 Å². The monoisotopic (exact) mass is 370 g/mol. The molecule has 0 aromatic carbocycles. The Morgan fingerprint density at radius 1 is 1.44 bits per heavy atom. The van der Waals surface area contributed by atoms with Crippen LogP contribution in [0.2, 0.25) is 0 Å². The summed E-state index contributed by atoms with van der Waals surface area (Å²) in [6.45, 7) is 3.53. The maximum atomic E-state index is 11.4. The molecule has 0 radical (unpaired) electrons.